The number of benzene rings is 1. The SMILES string of the molecule is CC(C)NC(=S)Nc1ccc(SC(F)F)cc1. The Morgan fingerprint density at radius 2 is 1.82 bits per heavy atom. The Morgan fingerprint density at radius 3 is 2.29 bits per heavy atom. The molecule has 2 nitrogen and oxygen atoms in total. The molecule has 0 amide bonds. The first kappa shape index (κ1) is 14.2. The molecule has 0 aliphatic carbocycles. The maximum atomic E-state index is 12.1. The summed E-state index contributed by atoms with van der Waals surface area (Å²) in [6.45, 7) is 3.96. The fraction of sp³-hybridized carbons (Fsp3) is 0.364. The van der Waals surface area contributed by atoms with Crippen LogP contribution in [0.1, 0.15) is 13.8 Å². The van der Waals surface area contributed by atoms with E-state index in [1.165, 1.54) is 0 Å². The summed E-state index contributed by atoms with van der Waals surface area (Å²) in [4.78, 5) is 0.535. The van der Waals surface area contributed by atoms with Crippen molar-refractivity contribution >= 4 is 34.8 Å². The Hall–Kier alpha value is -0.880. The highest BCUT2D eigenvalue weighted by Gasteiger charge is 2.05. The van der Waals surface area contributed by atoms with Gasteiger partial charge in [0.2, 0.25) is 0 Å². The molecule has 0 radical (unpaired) electrons. The molecule has 0 saturated heterocycles. The van der Waals surface area contributed by atoms with Gasteiger partial charge in [0, 0.05) is 16.6 Å². The van der Waals surface area contributed by atoms with E-state index in [1.54, 1.807) is 24.3 Å². The third-order valence-electron chi connectivity index (χ3n) is 1.76. The van der Waals surface area contributed by atoms with Crippen LogP contribution >= 0.6 is 24.0 Å². The Bertz CT molecular complexity index is 366. The van der Waals surface area contributed by atoms with Crippen molar-refractivity contribution in [2.24, 2.45) is 0 Å². The van der Waals surface area contributed by atoms with Gasteiger partial charge >= 0.3 is 0 Å². The molecule has 0 spiro atoms. The van der Waals surface area contributed by atoms with Gasteiger partial charge in [0.05, 0.1) is 0 Å². The quantitative estimate of drug-likeness (QED) is 0.647. The van der Waals surface area contributed by atoms with Gasteiger partial charge in [-0.15, -0.1) is 0 Å². The molecule has 0 aliphatic heterocycles. The maximum Gasteiger partial charge on any atom is 0.288 e. The molecule has 0 heterocycles. The monoisotopic (exact) mass is 276 g/mol. The van der Waals surface area contributed by atoms with Gasteiger partial charge in [-0.2, -0.15) is 8.78 Å². The van der Waals surface area contributed by atoms with Crippen LogP contribution < -0.4 is 10.6 Å². The number of anilines is 1. The molecule has 0 aliphatic rings. The third kappa shape index (κ3) is 5.83. The van der Waals surface area contributed by atoms with Crippen molar-refractivity contribution in [1.29, 1.82) is 0 Å². The minimum absolute atomic E-state index is 0.253. The smallest absolute Gasteiger partial charge is 0.288 e. The Balaban J connectivity index is 2.53. The van der Waals surface area contributed by atoms with Crippen LogP contribution in [0.4, 0.5) is 14.5 Å². The minimum atomic E-state index is -2.39. The van der Waals surface area contributed by atoms with Crippen molar-refractivity contribution in [3.63, 3.8) is 0 Å². The summed E-state index contributed by atoms with van der Waals surface area (Å²) in [6.07, 6.45) is 0. The molecule has 0 saturated carbocycles. The summed E-state index contributed by atoms with van der Waals surface area (Å²) in [6, 6.07) is 6.97. The van der Waals surface area contributed by atoms with Gasteiger partial charge in [0.15, 0.2) is 5.11 Å². The van der Waals surface area contributed by atoms with Crippen LogP contribution in [-0.2, 0) is 0 Å². The molecule has 6 heteroatoms. The van der Waals surface area contributed by atoms with Gasteiger partial charge in [-0.05, 0) is 50.3 Å². The van der Waals surface area contributed by atoms with Crippen LogP contribution in [0.2, 0.25) is 0 Å². The summed E-state index contributed by atoms with van der Waals surface area (Å²) >= 11 is 5.59. The average Bonchev–Trinajstić information content (AvgIpc) is 2.18. The van der Waals surface area contributed by atoms with E-state index in [0.717, 1.165) is 5.69 Å². The van der Waals surface area contributed by atoms with Crippen molar-refractivity contribution < 1.29 is 8.78 Å². The van der Waals surface area contributed by atoms with E-state index in [2.05, 4.69) is 10.6 Å². The second-order valence-electron chi connectivity index (χ2n) is 3.66. The van der Waals surface area contributed by atoms with Crippen LogP contribution in [-0.4, -0.2) is 16.9 Å². The van der Waals surface area contributed by atoms with Crippen LogP contribution in [0.25, 0.3) is 0 Å². The second-order valence-corrected chi connectivity index (χ2v) is 5.13. The standard InChI is InChI=1S/C11H14F2N2S2/c1-7(2)14-11(16)15-8-3-5-9(6-4-8)17-10(12)13/h3-7,10H,1-2H3,(H2,14,15,16). The number of rotatable bonds is 4. The Kier molecular flexibility index (Phi) is 5.64. The highest BCUT2D eigenvalue weighted by atomic mass is 32.2. The summed E-state index contributed by atoms with van der Waals surface area (Å²) in [5.74, 6) is -2.39. The maximum absolute atomic E-state index is 12.1. The van der Waals surface area contributed by atoms with Crippen molar-refractivity contribution in [2.45, 2.75) is 30.5 Å². The van der Waals surface area contributed by atoms with Crippen molar-refractivity contribution in [3.8, 4) is 0 Å². The van der Waals surface area contributed by atoms with Crippen LogP contribution in [0.3, 0.4) is 0 Å². The zero-order chi connectivity index (χ0) is 12.8. The van der Waals surface area contributed by atoms with E-state index in [4.69, 9.17) is 12.2 Å². The molecule has 1 rings (SSSR count). The van der Waals surface area contributed by atoms with Gasteiger partial charge in [-0.3, -0.25) is 0 Å². The number of nitrogens with one attached hydrogen (secondary N) is 2. The molecular formula is C11H14F2N2S2. The van der Waals surface area contributed by atoms with Gasteiger partial charge in [-0.25, -0.2) is 0 Å². The molecule has 0 fully saturated rings. The molecule has 2 N–H and O–H groups in total. The molecule has 0 bridgehead atoms. The van der Waals surface area contributed by atoms with Crippen molar-refractivity contribution in [3.05, 3.63) is 24.3 Å². The van der Waals surface area contributed by atoms with Crippen LogP contribution in [0.15, 0.2) is 29.2 Å². The first-order valence-electron chi connectivity index (χ1n) is 5.10. The van der Waals surface area contributed by atoms with E-state index >= 15 is 0 Å². The summed E-state index contributed by atoms with van der Waals surface area (Å²) in [5.41, 5.74) is 0.779. The number of thiocarbonyl (C=S) groups is 1. The Morgan fingerprint density at radius 1 is 1.24 bits per heavy atom. The van der Waals surface area contributed by atoms with E-state index in [0.29, 0.717) is 21.8 Å². The topological polar surface area (TPSA) is 24.1 Å². The largest absolute Gasteiger partial charge is 0.360 e. The first-order chi connectivity index (χ1) is 7.97. The van der Waals surface area contributed by atoms with Crippen LogP contribution in [0.5, 0.6) is 0 Å². The normalized spacial score (nSPS) is 10.7. The fourth-order valence-electron chi connectivity index (χ4n) is 1.15. The lowest BCUT2D eigenvalue weighted by molar-refractivity contribution is 0.252. The molecular weight excluding hydrogens is 262 g/mol. The molecule has 17 heavy (non-hydrogen) atoms. The fourth-order valence-corrected chi connectivity index (χ4v) is 2.00. The zero-order valence-electron chi connectivity index (χ0n) is 9.54. The highest BCUT2D eigenvalue weighted by molar-refractivity contribution is 7.99. The lowest BCUT2D eigenvalue weighted by atomic mass is 10.3. The molecule has 94 valence electrons. The molecule has 1 aromatic carbocycles. The number of halogens is 2. The third-order valence-corrected chi connectivity index (χ3v) is 2.70. The first-order valence-corrected chi connectivity index (χ1v) is 6.38. The number of thioether (sulfide) groups is 1. The summed E-state index contributed by atoms with van der Waals surface area (Å²) in [5, 5.41) is 6.53. The zero-order valence-corrected chi connectivity index (χ0v) is 11.2. The van der Waals surface area contributed by atoms with Gasteiger partial charge in [0.1, 0.15) is 0 Å². The van der Waals surface area contributed by atoms with E-state index in [1.807, 2.05) is 13.8 Å². The van der Waals surface area contributed by atoms with E-state index in [-0.39, 0.29) is 6.04 Å². The average molecular weight is 276 g/mol. The number of hydrogen-bond acceptors (Lipinski definition) is 2. The lowest BCUT2D eigenvalue weighted by Crippen LogP contribution is -2.33. The van der Waals surface area contributed by atoms with Crippen molar-refractivity contribution in [1.82, 2.24) is 5.32 Å². The van der Waals surface area contributed by atoms with E-state index < -0.39 is 5.76 Å². The number of alkyl halides is 2. The van der Waals surface area contributed by atoms with Gasteiger partial charge < -0.3 is 10.6 Å². The molecule has 1 aromatic rings. The lowest BCUT2D eigenvalue weighted by Gasteiger charge is -2.13. The predicted octanol–water partition coefficient (Wildman–Crippen LogP) is 3.70. The van der Waals surface area contributed by atoms with Gasteiger partial charge in [-0.1, -0.05) is 11.8 Å². The summed E-state index contributed by atoms with van der Waals surface area (Å²) in [7, 11) is 0. The van der Waals surface area contributed by atoms with Gasteiger partial charge in [0.25, 0.3) is 5.76 Å². The minimum Gasteiger partial charge on any atom is -0.360 e. The second kappa shape index (κ2) is 6.76. The Labute approximate surface area is 109 Å². The molecule has 0 atom stereocenters. The summed E-state index contributed by atoms with van der Waals surface area (Å²) < 4.78 is 24.2. The predicted molar refractivity (Wildman–Crippen MR) is 72.8 cm³/mol. The van der Waals surface area contributed by atoms with E-state index in [9.17, 15) is 8.78 Å². The molecule has 0 aromatic heterocycles. The number of hydrogen-bond donors (Lipinski definition) is 2. The highest BCUT2D eigenvalue weighted by Crippen LogP contribution is 2.26. The van der Waals surface area contributed by atoms with Crippen molar-refractivity contribution in [2.75, 3.05) is 5.32 Å². The van der Waals surface area contributed by atoms with Crippen LogP contribution in [0, 0.1) is 0 Å². The molecule has 0 unspecified atom stereocenters.